The Labute approximate surface area is 332 Å². The van der Waals surface area contributed by atoms with Gasteiger partial charge in [0.1, 0.15) is 17.7 Å². The smallest absolute Gasteiger partial charge is 0.262 e. The lowest BCUT2D eigenvalue weighted by atomic mass is 9.97. The Kier molecular flexibility index (Phi) is 9.77. The van der Waals surface area contributed by atoms with Gasteiger partial charge < -0.3 is 10.2 Å². The Hall–Kier alpha value is -6.32. The lowest BCUT2D eigenvalue weighted by Crippen LogP contribution is -2.54. The van der Waals surface area contributed by atoms with Gasteiger partial charge in [0.25, 0.3) is 17.7 Å². The van der Waals surface area contributed by atoms with E-state index in [0.717, 1.165) is 79.1 Å². The van der Waals surface area contributed by atoms with E-state index >= 15 is 0 Å². The summed E-state index contributed by atoms with van der Waals surface area (Å²) in [6, 6.07) is 20.8. The van der Waals surface area contributed by atoms with Crippen molar-refractivity contribution in [2.24, 2.45) is 5.92 Å². The zero-order valence-corrected chi connectivity index (χ0v) is 31.5. The number of imide groups is 2. The molecule has 9 rings (SSSR count). The number of carbonyl (C=O) groups is 5. The van der Waals surface area contributed by atoms with E-state index in [4.69, 9.17) is 0 Å². The molecule has 5 amide bonds. The lowest BCUT2D eigenvalue weighted by Gasteiger charge is -2.44. The van der Waals surface area contributed by atoms with Crippen LogP contribution >= 0.6 is 0 Å². The molecule has 3 fully saturated rings. The molecule has 0 bridgehead atoms. The fraction of sp³-hybridized carbons (Fsp3) is 0.302. The van der Waals surface area contributed by atoms with Crippen LogP contribution in [0.2, 0.25) is 0 Å². The molecule has 15 heteroatoms. The molecule has 13 nitrogen and oxygen atoms in total. The summed E-state index contributed by atoms with van der Waals surface area (Å²) >= 11 is 0. The summed E-state index contributed by atoms with van der Waals surface area (Å²) in [7, 11) is 0. The maximum Gasteiger partial charge on any atom is 0.262 e. The third kappa shape index (κ3) is 7.45. The zero-order chi connectivity index (χ0) is 40.1. The number of carbonyl (C=O) groups excluding carboxylic acids is 5. The van der Waals surface area contributed by atoms with Crippen LogP contribution in [0.3, 0.4) is 0 Å². The summed E-state index contributed by atoms with van der Waals surface area (Å²) in [4.78, 5) is 71.6. The third-order valence-electron chi connectivity index (χ3n) is 11.5. The van der Waals surface area contributed by atoms with E-state index in [0.29, 0.717) is 46.8 Å². The molecule has 5 aromatic rings. The largest absolute Gasteiger partial charge is 0.369 e. The highest BCUT2D eigenvalue weighted by molar-refractivity contribution is 6.23. The molecular formula is C43H40F2N8O5. The van der Waals surface area contributed by atoms with E-state index in [9.17, 15) is 32.8 Å². The molecule has 1 atom stereocenters. The number of anilines is 2. The first-order chi connectivity index (χ1) is 28.0. The number of hydrogen-bond donors (Lipinski definition) is 3. The Morgan fingerprint density at radius 3 is 2.24 bits per heavy atom. The van der Waals surface area contributed by atoms with Gasteiger partial charge in [-0.15, -0.1) is 0 Å². The molecule has 296 valence electrons. The Morgan fingerprint density at radius 1 is 0.776 bits per heavy atom. The maximum absolute atomic E-state index is 13.7. The first-order valence-electron chi connectivity index (χ1n) is 19.4. The van der Waals surface area contributed by atoms with E-state index in [1.165, 1.54) is 12.1 Å². The van der Waals surface area contributed by atoms with Crippen molar-refractivity contribution in [3.8, 4) is 0 Å². The number of fused-ring (bicyclic) bond motifs is 2. The monoisotopic (exact) mass is 786 g/mol. The second-order valence-corrected chi connectivity index (χ2v) is 15.6. The van der Waals surface area contributed by atoms with Crippen molar-refractivity contribution < 1.29 is 32.8 Å². The second kappa shape index (κ2) is 15.2. The fourth-order valence-corrected chi connectivity index (χ4v) is 8.57. The minimum atomic E-state index is -0.976. The van der Waals surface area contributed by atoms with Crippen molar-refractivity contribution in [1.29, 1.82) is 0 Å². The van der Waals surface area contributed by atoms with Crippen molar-refractivity contribution in [2.75, 3.05) is 56.0 Å². The first kappa shape index (κ1) is 37.3. The number of piperazine rings is 1. The topological polar surface area (TPSA) is 151 Å². The molecule has 1 unspecified atom stereocenters. The van der Waals surface area contributed by atoms with Gasteiger partial charge in [-0.2, -0.15) is 5.10 Å². The summed E-state index contributed by atoms with van der Waals surface area (Å²) in [5, 5.41) is 13.0. The van der Waals surface area contributed by atoms with Crippen LogP contribution in [0, 0.1) is 17.6 Å². The summed E-state index contributed by atoms with van der Waals surface area (Å²) in [6.07, 6.45) is 0.537. The van der Waals surface area contributed by atoms with Crippen LogP contribution in [0.25, 0.3) is 10.9 Å². The van der Waals surface area contributed by atoms with E-state index in [2.05, 4.69) is 35.5 Å². The molecule has 58 heavy (non-hydrogen) atoms. The normalized spacial score (nSPS) is 19.1. The predicted molar refractivity (Wildman–Crippen MR) is 210 cm³/mol. The molecule has 0 radical (unpaired) electrons. The minimum Gasteiger partial charge on any atom is -0.369 e. The van der Waals surface area contributed by atoms with Gasteiger partial charge >= 0.3 is 0 Å². The summed E-state index contributed by atoms with van der Waals surface area (Å²) in [6.45, 7) is 7.09. The highest BCUT2D eigenvalue weighted by Crippen LogP contribution is 2.30. The lowest BCUT2D eigenvalue weighted by molar-refractivity contribution is -0.136. The van der Waals surface area contributed by atoms with Gasteiger partial charge in [0.2, 0.25) is 11.8 Å². The number of nitrogens with one attached hydrogen (secondary N) is 3. The van der Waals surface area contributed by atoms with Gasteiger partial charge in [-0.05, 0) is 96.1 Å². The predicted octanol–water partition coefficient (Wildman–Crippen LogP) is 4.34. The van der Waals surface area contributed by atoms with Crippen LogP contribution < -0.4 is 15.5 Å². The average molecular weight is 787 g/mol. The SMILES string of the molecule is O=C1CCC(N2C(=O)c3ccc(CN4CC(CN5CCN(c6ccc(C(=O)Nc7n[nH]c8ccc(Cc9cc(F)cc(F)c9)cc78)cc6)CC5)C4)cc3C2=O)C(=O)N1. The summed E-state index contributed by atoms with van der Waals surface area (Å²) < 4.78 is 27.5. The number of benzene rings is 4. The van der Waals surface area contributed by atoms with Gasteiger partial charge in [0.05, 0.1) is 16.6 Å². The number of aromatic nitrogens is 2. The number of amides is 5. The molecule has 1 aromatic heterocycles. The number of hydrogen-bond acceptors (Lipinski definition) is 9. The van der Waals surface area contributed by atoms with E-state index in [1.807, 2.05) is 48.5 Å². The number of piperidine rings is 1. The third-order valence-corrected chi connectivity index (χ3v) is 11.5. The van der Waals surface area contributed by atoms with E-state index in [-0.39, 0.29) is 24.3 Å². The van der Waals surface area contributed by atoms with Crippen LogP contribution in [-0.4, -0.2) is 106 Å². The molecule has 0 saturated carbocycles. The first-order valence-corrected chi connectivity index (χ1v) is 19.4. The highest BCUT2D eigenvalue weighted by Gasteiger charge is 2.44. The minimum absolute atomic E-state index is 0.0853. The van der Waals surface area contributed by atoms with Crippen LogP contribution in [0.15, 0.2) is 78.9 Å². The van der Waals surface area contributed by atoms with Crippen molar-refractivity contribution in [1.82, 2.24) is 30.2 Å². The molecular weight excluding hydrogens is 747 g/mol. The van der Waals surface area contributed by atoms with Gasteiger partial charge in [-0.1, -0.05) is 12.1 Å². The van der Waals surface area contributed by atoms with Crippen molar-refractivity contribution in [2.45, 2.75) is 31.8 Å². The Morgan fingerprint density at radius 2 is 1.50 bits per heavy atom. The number of H-pyrrole nitrogens is 1. The van der Waals surface area contributed by atoms with Crippen LogP contribution in [0.1, 0.15) is 60.6 Å². The second-order valence-electron chi connectivity index (χ2n) is 15.6. The number of halogens is 2. The van der Waals surface area contributed by atoms with E-state index in [1.54, 1.807) is 12.1 Å². The van der Waals surface area contributed by atoms with Crippen molar-refractivity contribution >= 4 is 51.9 Å². The van der Waals surface area contributed by atoms with Gasteiger partial charge in [-0.25, -0.2) is 8.78 Å². The fourth-order valence-electron chi connectivity index (χ4n) is 8.57. The molecule has 3 N–H and O–H groups in total. The molecule has 0 spiro atoms. The molecule has 4 aromatic carbocycles. The van der Waals surface area contributed by atoms with E-state index < -0.39 is 41.3 Å². The highest BCUT2D eigenvalue weighted by atomic mass is 19.1. The van der Waals surface area contributed by atoms with Crippen LogP contribution in [0.4, 0.5) is 20.3 Å². The summed E-state index contributed by atoms with van der Waals surface area (Å²) in [5.74, 6) is -2.66. The maximum atomic E-state index is 13.7. The molecule has 4 aliphatic rings. The summed E-state index contributed by atoms with van der Waals surface area (Å²) in [5.41, 5.74) is 5.12. The number of likely N-dealkylation sites (tertiary alicyclic amines) is 1. The van der Waals surface area contributed by atoms with Gasteiger partial charge in [0, 0.05) is 81.5 Å². The Balaban J connectivity index is 0.731. The van der Waals surface area contributed by atoms with Crippen molar-refractivity contribution in [3.05, 3.63) is 124 Å². The average Bonchev–Trinajstić information content (AvgIpc) is 3.69. The molecule has 3 saturated heterocycles. The van der Waals surface area contributed by atoms with Gasteiger partial charge in [0.15, 0.2) is 5.82 Å². The molecule has 0 aliphatic carbocycles. The standard InChI is InChI=1S/C43H40F2N8O5/c44-30-16-27(17-31(45)20-30)15-25-2-8-36-35(18-25)39(49-48-36)47-40(55)29-3-5-32(6-4-29)52-13-11-50(12-14-52)22-28-23-51(24-28)21-26-1-7-33-34(19-26)43(58)53(42(33)57)37-9-10-38(54)46-41(37)56/h1-8,16-20,28,37H,9-15,21-24H2,(H,46,54,56)(H2,47,48,49,55). The van der Waals surface area contributed by atoms with Gasteiger partial charge in [-0.3, -0.25) is 49.1 Å². The number of aromatic amines is 1. The zero-order valence-electron chi connectivity index (χ0n) is 31.5. The molecule has 5 heterocycles. The number of nitrogens with zero attached hydrogens (tertiary/aromatic N) is 5. The van der Waals surface area contributed by atoms with Crippen molar-refractivity contribution in [3.63, 3.8) is 0 Å². The quantitative estimate of drug-likeness (QED) is 0.176. The number of rotatable bonds is 10. The Bertz CT molecular complexity index is 2450. The van der Waals surface area contributed by atoms with Crippen LogP contribution in [0.5, 0.6) is 0 Å². The van der Waals surface area contributed by atoms with Crippen LogP contribution in [-0.2, 0) is 22.6 Å². The molecule has 4 aliphatic heterocycles.